The van der Waals surface area contributed by atoms with E-state index < -0.39 is 0 Å². The molecule has 2 atom stereocenters. The molecule has 2 unspecified atom stereocenters. The van der Waals surface area contributed by atoms with Gasteiger partial charge < -0.3 is 15.0 Å². The van der Waals surface area contributed by atoms with Gasteiger partial charge in [0.05, 0.1) is 25.3 Å². The first-order valence-electron chi connectivity index (χ1n) is 6.82. The molecule has 0 aliphatic carbocycles. The average Bonchev–Trinajstić information content (AvgIpc) is 2.47. The summed E-state index contributed by atoms with van der Waals surface area (Å²) in [6.45, 7) is 5.02. The maximum Gasteiger partial charge on any atom is 0.251 e. The van der Waals surface area contributed by atoms with Crippen molar-refractivity contribution < 1.29 is 14.3 Å². The number of ether oxygens (including phenoxy) is 1. The zero-order valence-corrected chi connectivity index (χ0v) is 11.8. The second kappa shape index (κ2) is 6.52. The molecule has 20 heavy (non-hydrogen) atoms. The van der Waals surface area contributed by atoms with Gasteiger partial charge in [-0.1, -0.05) is 18.2 Å². The van der Waals surface area contributed by atoms with Crippen molar-refractivity contribution in [3.63, 3.8) is 0 Å². The second-order valence-corrected chi connectivity index (χ2v) is 5.09. The molecule has 5 heteroatoms. The lowest BCUT2D eigenvalue weighted by Gasteiger charge is -2.36. The molecule has 5 nitrogen and oxygen atoms in total. The molecule has 2 amide bonds. The minimum Gasteiger partial charge on any atom is -0.375 e. The normalized spacial score (nSPS) is 22.4. The van der Waals surface area contributed by atoms with E-state index in [1.54, 1.807) is 29.2 Å². The van der Waals surface area contributed by atoms with Gasteiger partial charge >= 0.3 is 0 Å². The zero-order valence-electron chi connectivity index (χ0n) is 11.8. The number of carbonyl (C=O) groups is 2. The largest absolute Gasteiger partial charge is 0.375 e. The lowest BCUT2D eigenvalue weighted by atomic mass is 10.2. The zero-order chi connectivity index (χ0) is 14.5. The van der Waals surface area contributed by atoms with E-state index in [0.29, 0.717) is 18.7 Å². The lowest BCUT2D eigenvalue weighted by Crippen LogP contribution is -2.52. The molecular formula is C15H20N2O3. The topological polar surface area (TPSA) is 58.6 Å². The summed E-state index contributed by atoms with van der Waals surface area (Å²) in [6.07, 6.45) is 0.0416. The van der Waals surface area contributed by atoms with E-state index in [4.69, 9.17) is 4.74 Å². The molecule has 1 fully saturated rings. The van der Waals surface area contributed by atoms with Crippen molar-refractivity contribution in [2.24, 2.45) is 0 Å². The first-order chi connectivity index (χ1) is 9.58. The minimum atomic E-state index is -0.229. The Bertz CT molecular complexity index is 475. The van der Waals surface area contributed by atoms with E-state index in [0.717, 1.165) is 0 Å². The monoisotopic (exact) mass is 276 g/mol. The summed E-state index contributed by atoms with van der Waals surface area (Å²) in [7, 11) is 0. The first kappa shape index (κ1) is 14.5. The van der Waals surface area contributed by atoms with E-state index in [2.05, 4.69) is 5.32 Å². The summed E-state index contributed by atoms with van der Waals surface area (Å²) >= 11 is 0. The predicted molar refractivity (Wildman–Crippen MR) is 75.4 cm³/mol. The number of morpholine rings is 1. The van der Waals surface area contributed by atoms with Crippen LogP contribution < -0.4 is 5.32 Å². The highest BCUT2D eigenvalue weighted by Crippen LogP contribution is 2.11. The Morgan fingerprint density at radius 1 is 1.30 bits per heavy atom. The van der Waals surface area contributed by atoms with Crippen LogP contribution >= 0.6 is 0 Å². The Balaban J connectivity index is 1.87. The average molecular weight is 276 g/mol. The van der Waals surface area contributed by atoms with Crippen LogP contribution in [0.4, 0.5) is 0 Å². The molecule has 2 rings (SSSR count). The molecule has 1 heterocycles. The van der Waals surface area contributed by atoms with Crippen LogP contribution in [0.15, 0.2) is 30.3 Å². The third-order valence-corrected chi connectivity index (χ3v) is 3.36. The molecular weight excluding hydrogens is 256 g/mol. The number of nitrogens with one attached hydrogen (secondary N) is 1. The second-order valence-electron chi connectivity index (χ2n) is 5.09. The molecule has 0 radical (unpaired) electrons. The summed E-state index contributed by atoms with van der Waals surface area (Å²) in [5.41, 5.74) is 0.559. The van der Waals surface area contributed by atoms with Gasteiger partial charge in [-0.25, -0.2) is 0 Å². The fraction of sp³-hybridized carbons (Fsp3) is 0.467. The van der Waals surface area contributed by atoms with E-state index in [1.807, 2.05) is 19.9 Å². The SMILES string of the molecule is CC1CN(C(=O)CNC(=O)c2ccccc2)C(C)CO1. The summed E-state index contributed by atoms with van der Waals surface area (Å²) in [4.78, 5) is 25.8. The van der Waals surface area contributed by atoms with Crippen LogP contribution in [0.5, 0.6) is 0 Å². The van der Waals surface area contributed by atoms with Crippen LogP contribution in [0.25, 0.3) is 0 Å². The van der Waals surface area contributed by atoms with E-state index in [9.17, 15) is 9.59 Å². The standard InChI is InChI=1S/C15H20N2O3/c1-11-10-20-12(2)9-17(11)14(18)8-16-15(19)13-6-4-3-5-7-13/h3-7,11-12H,8-10H2,1-2H3,(H,16,19). The molecule has 1 saturated heterocycles. The molecule has 1 aliphatic heterocycles. The number of hydrogen-bond donors (Lipinski definition) is 1. The number of hydrogen-bond acceptors (Lipinski definition) is 3. The van der Waals surface area contributed by atoms with Crippen molar-refractivity contribution in [3.8, 4) is 0 Å². The molecule has 0 bridgehead atoms. The number of nitrogens with zero attached hydrogens (tertiary/aromatic N) is 1. The van der Waals surface area contributed by atoms with Crippen LogP contribution in [0, 0.1) is 0 Å². The third kappa shape index (κ3) is 3.57. The van der Waals surface area contributed by atoms with Crippen LogP contribution in [0.1, 0.15) is 24.2 Å². The van der Waals surface area contributed by atoms with Crippen molar-refractivity contribution in [2.75, 3.05) is 19.7 Å². The van der Waals surface area contributed by atoms with Crippen molar-refractivity contribution in [3.05, 3.63) is 35.9 Å². The highest BCUT2D eigenvalue weighted by molar-refractivity contribution is 5.96. The van der Waals surface area contributed by atoms with Gasteiger partial charge in [0.2, 0.25) is 5.91 Å². The predicted octanol–water partition coefficient (Wildman–Crippen LogP) is 1.05. The van der Waals surface area contributed by atoms with Gasteiger partial charge in [-0.3, -0.25) is 9.59 Å². The molecule has 0 saturated carbocycles. The van der Waals surface area contributed by atoms with Gasteiger partial charge in [-0.05, 0) is 26.0 Å². The number of carbonyl (C=O) groups excluding carboxylic acids is 2. The van der Waals surface area contributed by atoms with Gasteiger partial charge in [0.1, 0.15) is 0 Å². The fourth-order valence-electron chi connectivity index (χ4n) is 2.20. The summed E-state index contributed by atoms with van der Waals surface area (Å²) in [5, 5.41) is 2.66. The third-order valence-electron chi connectivity index (χ3n) is 3.36. The van der Waals surface area contributed by atoms with Gasteiger partial charge in [0.15, 0.2) is 0 Å². The Morgan fingerprint density at radius 3 is 2.70 bits per heavy atom. The molecule has 0 spiro atoms. The van der Waals surface area contributed by atoms with Crippen molar-refractivity contribution >= 4 is 11.8 Å². The Kier molecular flexibility index (Phi) is 4.74. The molecule has 1 aromatic carbocycles. The minimum absolute atomic E-state index is 0.0186. The van der Waals surface area contributed by atoms with E-state index >= 15 is 0 Å². The lowest BCUT2D eigenvalue weighted by molar-refractivity contribution is -0.142. The highest BCUT2D eigenvalue weighted by Gasteiger charge is 2.27. The highest BCUT2D eigenvalue weighted by atomic mass is 16.5. The molecule has 108 valence electrons. The van der Waals surface area contributed by atoms with Crippen molar-refractivity contribution in [1.29, 1.82) is 0 Å². The number of benzene rings is 1. The molecule has 1 aliphatic rings. The Labute approximate surface area is 118 Å². The van der Waals surface area contributed by atoms with E-state index in [-0.39, 0.29) is 30.5 Å². The fourth-order valence-corrected chi connectivity index (χ4v) is 2.20. The van der Waals surface area contributed by atoms with Crippen LogP contribution in [-0.2, 0) is 9.53 Å². The Hall–Kier alpha value is -1.88. The van der Waals surface area contributed by atoms with Gasteiger partial charge in [-0.15, -0.1) is 0 Å². The van der Waals surface area contributed by atoms with E-state index in [1.165, 1.54) is 0 Å². The van der Waals surface area contributed by atoms with Crippen LogP contribution in [0.2, 0.25) is 0 Å². The number of rotatable bonds is 3. The smallest absolute Gasteiger partial charge is 0.251 e. The van der Waals surface area contributed by atoms with Crippen molar-refractivity contribution in [2.45, 2.75) is 26.0 Å². The maximum absolute atomic E-state index is 12.1. The summed E-state index contributed by atoms with van der Waals surface area (Å²) < 4.78 is 5.48. The number of amides is 2. The van der Waals surface area contributed by atoms with Crippen LogP contribution in [-0.4, -0.2) is 48.6 Å². The first-order valence-corrected chi connectivity index (χ1v) is 6.82. The quantitative estimate of drug-likeness (QED) is 0.898. The van der Waals surface area contributed by atoms with Gasteiger partial charge in [0.25, 0.3) is 5.91 Å². The summed E-state index contributed by atoms with van der Waals surface area (Å²) in [6, 6.07) is 8.93. The summed E-state index contributed by atoms with van der Waals surface area (Å²) in [5.74, 6) is -0.301. The van der Waals surface area contributed by atoms with Gasteiger partial charge in [0, 0.05) is 12.1 Å². The van der Waals surface area contributed by atoms with Crippen LogP contribution in [0.3, 0.4) is 0 Å². The van der Waals surface area contributed by atoms with Crippen molar-refractivity contribution in [1.82, 2.24) is 10.2 Å². The molecule has 1 N–H and O–H groups in total. The Morgan fingerprint density at radius 2 is 2.00 bits per heavy atom. The molecule has 0 aromatic heterocycles. The van der Waals surface area contributed by atoms with Gasteiger partial charge in [-0.2, -0.15) is 0 Å². The molecule has 1 aromatic rings. The maximum atomic E-state index is 12.1.